The van der Waals surface area contributed by atoms with Crippen LogP contribution in [0.2, 0.25) is 0 Å². The second kappa shape index (κ2) is 6.79. The van der Waals surface area contributed by atoms with Crippen molar-refractivity contribution in [3.8, 4) is 5.75 Å². The van der Waals surface area contributed by atoms with Crippen molar-refractivity contribution in [3.63, 3.8) is 0 Å². The highest BCUT2D eigenvalue weighted by molar-refractivity contribution is 6.06. The van der Waals surface area contributed by atoms with E-state index in [1.807, 2.05) is 32.0 Å². The van der Waals surface area contributed by atoms with Gasteiger partial charge in [0.25, 0.3) is 0 Å². The van der Waals surface area contributed by atoms with Crippen molar-refractivity contribution in [2.24, 2.45) is 0 Å². The molecule has 0 aliphatic heterocycles. The molecule has 0 aliphatic carbocycles. The van der Waals surface area contributed by atoms with Gasteiger partial charge in [-0.05, 0) is 54.8 Å². The quantitative estimate of drug-likeness (QED) is 0.597. The van der Waals surface area contributed by atoms with Crippen LogP contribution in [0.15, 0.2) is 42.5 Å². The third kappa shape index (κ3) is 4.20. The monoisotopic (exact) mass is 311 g/mol. The fraction of sp³-hybridized carbons (Fsp3) is 0.111. The summed E-state index contributed by atoms with van der Waals surface area (Å²) in [6.45, 7) is 4.00. The lowest BCUT2D eigenvalue weighted by molar-refractivity contribution is -0.111. The fourth-order valence-electron chi connectivity index (χ4n) is 2.03. The number of aromatic hydroxyl groups is 1. The van der Waals surface area contributed by atoms with E-state index in [9.17, 15) is 14.7 Å². The highest BCUT2D eigenvalue weighted by Gasteiger charge is 2.12. The molecule has 23 heavy (non-hydrogen) atoms. The zero-order valence-electron chi connectivity index (χ0n) is 12.8. The van der Waals surface area contributed by atoms with Crippen LogP contribution in [0.5, 0.6) is 5.75 Å². The second-order valence-electron chi connectivity index (χ2n) is 5.20. The Hall–Kier alpha value is -3.08. The number of anilines is 1. The van der Waals surface area contributed by atoms with Crippen LogP contribution in [0.3, 0.4) is 0 Å². The summed E-state index contributed by atoms with van der Waals surface area (Å²) in [7, 11) is 0. The molecule has 118 valence electrons. The fourth-order valence-corrected chi connectivity index (χ4v) is 2.03. The number of carbonyl (C=O) groups excluding carboxylic acids is 1. The van der Waals surface area contributed by atoms with E-state index in [2.05, 4.69) is 5.32 Å². The highest BCUT2D eigenvalue weighted by atomic mass is 16.4. The molecule has 0 bridgehead atoms. The van der Waals surface area contributed by atoms with Gasteiger partial charge in [-0.3, -0.25) is 4.79 Å². The van der Waals surface area contributed by atoms with Crippen LogP contribution in [0.1, 0.15) is 27.0 Å². The molecule has 3 N–H and O–H groups in total. The number of carbonyl (C=O) groups is 2. The zero-order chi connectivity index (χ0) is 17.0. The lowest BCUT2D eigenvalue weighted by atomic mass is 10.1. The second-order valence-corrected chi connectivity index (χ2v) is 5.20. The smallest absolute Gasteiger partial charge is 0.337 e. The summed E-state index contributed by atoms with van der Waals surface area (Å²) in [5.74, 6) is -1.85. The van der Waals surface area contributed by atoms with Crippen LogP contribution < -0.4 is 5.32 Å². The van der Waals surface area contributed by atoms with Crippen molar-refractivity contribution in [1.29, 1.82) is 0 Å². The average molecular weight is 311 g/mol. The molecule has 5 heteroatoms. The molecule has 5 nitrogen and oxygen atoms in total. The van der Waals surface area contributed by atoms with E-state index in [1.54, 1.807) is 6.08 Å². The molecule has 2 aromatic carbocycles. The first kappa shape index (κ1) is 16.3. The molecular weight excluding hydrogens is 294 g/mol. The predicted molar refractivity (Wildman–Crippen MR) is 88.6 cm³/mol. The van der Waals surface area contributed by atoms with Gasteiger partial charge in [0.1, 0.15) is 5.75 Å². The van der Waals surface area contributed by atoms with E-state index in [-0.39, 0.29) is 17.0 Å². The molecule has 0 saturated carbocycles. The maximum absolute atomic E-state index is 11.9. The van der Waals surface area contributed by atoms with Crippen molar-refractivity contribution in [2.45, 2.75) is 13.8 Å². The third-order valence-corrected chi connectivity index (χ3v) is 3.45. The number of phenols is 1. The van der Waals surface area contributed by atoms with Gasteiger partial charge in [0.2, 0.25) is 5.91 Å². The Labute approximate surface area is 133 Å². The van der Waals surface area contributed by atoms with Gasteiger partial charge in [0, 0.05) is 6.08 Å². The van der Waals surface area contributed by atoms with Gasteiger partial charge in [-0.1, -0.05) is 18.2 Å². The van der Waals surface area contributed by atoms with Crippen molar-refractivity contribution < 1.29 is 19.8 Å². The first-order chi connectivity index (χ1) is 10.9. The van der Waals surface area contributed by atoms with E-state index in [0.717, 1.165) is 17.2 Å². The molecule has 2 aromatic rings. The number of carboxylic acids is 1. The maximum atomic E-state index is 11.9. The summed E-state index contributed by atoms with van der Waals surface area (Å²) in [5.41, 5.74) is 3.14. The number of rotatable bonds is 4. The number of aryl methyl sites for hydroxylation is 2. The van der Waals surface area contributed by atoms with E-state index >= 15 is 0 Å². The lowest BCUT2D eigenvalue weighted by Gasteiger charge is -2.07. The van der Waals surface area contributed by atoms with Gasteiger partial charge < -0.3 is 15.5 Å². The van der Waals surface area contributed by atoms with Crippen molar-refractivity contribution in [3.05, 3.63) is 64.7 Å². The van der Waals surface area contributed by atoms with Gasteiger partial charge in [-0.2, -0.15) is 0 Å². The summed E-state index contributed by atoms with van der Waals surface area (Å²) >= 11 is 0. The number of aromatic carboxylic acids is 1. The Balaban J connectivity index is 2.15. The predicted octanol–water partition coefficient (Wildman–Crippen LogP) is 3.36. The minimum absolute atomic E-state index is 0.130. The van der Waals surface area contributed by atoms with Gasteiger partial charge in [0.15, 0.2) is 0 Å². The minimum atomic E-state index is -1.23. The Bertz CT molecular complexity index is 794. The summed E-state index contributed by atoms with van der Waals surface area (Å²) in [5, 5.41) is 20.9. The molecular formula is C18H17NO4. The number of hydrogen-bond acceptors (Lipinski definition) is 3. The molecule has 1 amide bonds. The largest absolute Gasteiger partial charge is 0.508 e. The molecule has 0 aromatic heterocycles. The van der Waals surface area contributed by atoms with Crippen LogP contribution in [0.4, 0.5) is 5.69 Å². The summed E-state index contributed by atoms with van der Waals surface area (Å²) in [6.07, 6.45) is 2.99. The zero-order valence-corrected chi connectivity index (χ0v) is 12.8. The third-order valence-electron chi connectivity index (χ3n) is 3.45. The highest BCUT2D eigenvalue weighted by Crippen LogP contribution is 2.21. The SMILES string of the molecule is Cc1ccc(/C=C/C(=O)Nc2ccc(O)cc2C(=O)O)cc1C. The average Bonchev–Trinajstić information content (AvgIpc) is 2.50. The molecule has 0 radical (unpaired) electrons. The van der Waals surface area contributed by atoms with Gasteiger partial charge >= 0.3 is 5.97 Å². The molecule has 0 heterocycles. The summed E-state index contributed by atoms with van der Waals surface area (Å²) in [6, 6.07) is 9.58. The van der Waals surface area contributed by atoms with Crippen LogP contribution >= 0.6 is 0 Å². The first-order valence-corrected chi connectivity index (χ1v) is 6.99. The summed E-state index contributed by atoms with van der Waals surface area (Å²) < 4.78 is 0. The van der Waals surface area contributed by atoms with E-state index < -0.39 is 11.9 Å². The van der Waals surface area contributed by atoms with E-state index in [0.29, 0.717) is 0 Å². The maximum Gasteiger partial charge on any atom is 0.337 e. The van der Waals surface area contributed by atoms with Crippen molar-refractivity contribution in [1.82, 2.24) is 0 Å². The lowest BCUT2D eigenvalue weighted by Crippen LogP contribution is -2.11. The Kier molecular flexibility index (Phi) is 4.81. The number of benzene rings is 2. The van der Waals surface area contributed by atoms with E-state index in [4.69, 9.17) is 5.11 Å². The molecule has 0 saturated heterocycles. The Morgan fingerprint density at radius 2 is 1.78 bits per heavy atom. The topological polar surface area (TPSA) is 86.6 Å². The van der Waals surface area contributed by atoms with Gasteiger partial charge in [-0.25, -0.2) is 4.79 Å². The molecule has 0 spiro atoms. The normalized spacial score (nSPS) is 10.7. The van der Waals surface area contributed by atoms with Crippen LogP contribution in [-0.4, -0.2) is 22.1 Å². The number of hydrogen-bond donors (Lipinski definition) is 3. The standard InChI is InChI=1S/C18H17NO4/c1-11-3-4-13(9-12(11)2)5-8-17(21)19-16-7-6-14(20)10-15(16)18(22)23/h3-10,20H,1-2H3,(H,19,21)(H,22,23)/b8-5+. The molecule has 0 atom stereocenters. The van der Waals surface area contributed by atoms with Crippen LogP contribution in [-0.2, 0) is 4.79 Å². The number of nitrogens with one attached hydrogen (secondary N) is 1. The molecule has 0 unspecified atom stereocenters. The minimum Gasteiger partial charge on any atom is -0.508 e. The molecule has 0 aliphatic rings. The van der Waals surface area contributed by atoms with Gasteiger partial charge in [0.05, 0.1) is 11.3 Å². The van der Waals surface area contributed by atoms with E-state index in [1.165, 1.54) is 23.8 Å². The Morgan fingerprint density at radius 3 is 2.43 bits per heavy atom. The Morgan fingerprint density at radius 1 is 1.04 bits per heavy atom. The van der Waals surface area contributed by atoms with Crippen LogP contribution in [0, 0.1) is 13.8 Å². The molecule has 0 fully saturated rings. The van der Waals surface area contributed by atoms with Crippen LogP contribution in [0.25, 0.3) is 6.08 Å². The summed E-state index contributed by atoms with van der Waals surface area (Å²) in [4.78, 5) is 23.1. The number of amides is 1. The number of carboxylic acid groups (broad SMARTS) is 1. The van der Waals surface area contributed by atoms with Crippen molar-refractivity contribution >= 4 is 23.6 Å². The number of phenolic OH excluding ortho intramolecular Hbond substituents is 1. The van der Waals surface area contributed by atoms with Gasteiger partial charge in [-0.15, -0.1) is 0 Å². The van der Waals surface area contributed by atoms with Crippen molar-refractivity contribution in [2.75, 3.05) is 5.32 Å². The first-order valence-electron chi connectivity index (χ1n) is 6.99. The molecule has 2 rings (SSSR count).